The van der Waals surface area contributed by atoms with Crippen molar-refractivity contribution in [2.75, 3.05) is 0 Å². The maximum Gasteiger partial charge on any atom is 0 e. The van der Waals surface area contributed by atoms with Crippen LogP contribution < -0.4 is 0 Å². The number of rotatable bonds is 0. The third-order valence-electron chi connectivity index (χ3n) is 0. The van der Waals surface area contributed by atoms with Gasteiger partial charge in [-0.25, -0.2) is 0 Å². The van der Waals surface area contributed by atoms with E-state index >= 15 is 0 Å². The van der Waals surface area contributed by atoms with Crippen LogP contribution in [-0.4, -0.2) is 0 Å². The number of hydrogen-bond acceptors (Lipinski definition) is 0. The standard InChI is InChI=1S/2Am.3O/q;;3*-2. The van der Waals surface area contributed by atoms with Gasteiger partial charge in [-0.3, -0.25) is 0 Å². The maximum atomic E-state index is 0. The molecule has 3 nitrogen and oxygen atoms in total. The first kappa shape index (κ1) is 283. The third kappa shape index (κ3) is 75.8. The fourth-order valence-corrected chi connectivity index (χ4v) is 0. The number of hydrogen-bond donors (Lipinski definition) is 0. The zero-order valence-corrected chi connectivity index (χ0v) is 8.28. The van der Waals surface area contributed by atoms with Gasteiger partial charge in [0.25, 0.3) is 0 Å². The molecule has 5 heavy (non-hydrogen) atoms. The molecule has 0 aromatic rings. The van der Waals surface area contributed by atoms with Gasteiger partial charge < -0.3 is 16.4 Å². The minimum absolute atomic E-state index is 0. The molecule has 0 unspecified atom stereocenters. The van der Waals surface area contributed by atoms with Crippen LogP contribution in [0.2, 0.25) is 0 Å². The summed E-state index contributed by atoms with van der Waals surface area (Å²) in [5.41, 5.74) is 0. The quantitative estimate of drug-likeness (QED) is 0.407. The Hall–Kier alpha value is 0.659. The summed E-state index contributed by atoms with van der Waals surface area (Å²) in [7, 11) is 0. The molecule has 0 amide bonds. The molecule has 0 atom stereocenters. The Balaban J connectivity index is 0. The van der Waals surface area contributed by atoms with Crippen molar-refractivity contribution in [3.05, 3.63) is 0 Å². The van der Waals surface area contributed by atoms with Crippen LogP contribution in [0.1, 0.15) is 0 Å². The van der Waals surface area contributed by atoms with E-state index in [4.69, 9.17) is 0 Å². The van der Waals surface area contributed by atoms with E-state index in [2.05, 4.69) is 0 Å². The molecule has 2 radical (unpaired) electrons. The fraction of sp³-hybridized carbons (Fsp3) is 0. The van der Waals surface area contributed by atoms with Crippen LogP contribution in [0.15, 0.2) is 0 Å². The summed E-state index contributed by atoms with van der Waals surface area (Å²) in [6, 6.07) is 0. The molecule has 5 heteroatoms. The van der Waals surface area contributed by atoms with Crippen molar-refractivity contribution < 1.29 is 45.0 Å². The summed E-state index contributed by atoms with van der Waals surface area (Å²) in [5.74, 6) is 0. The molecule has 0 heterocycles. The summed E-state index contributed by atoms with van der Waals surface area (Å²) in [6.07, 6.45) is 0. The van der Waals surface area contributed by atoms with E-state index in [1.165, 1.54) is 0 Å². The van der Waals surface area contributed by atoms with Crippen molar-refractivity contribution in [1.82, 2.24) is 0 Å². The summed E-state index contributed by atoms with van der Waals surface area (Å²) in [5, 5.41) is 0. The molecular weight excluding hydrogens is 534 g/mol. The smallest absolute Gasteiger partial charge is 0 e. The van der Waals surface area contributed by atoms with Crippen LogP contribution in [0.4, 0.5) is 0 Å². The van der Waals surface area contributed by atoms with Gasteiger partial charge in [0.05, 0.1) is 0 Å². The van der Waals surface area contributed by atoms with Crippen LogP contribution in [0.25, 0.3) is 0 Å². The molecule has 38 valence electrons. The largest absolute Gasteiger partial charge is 2.00 e. The van der Waals surface area contributed by atoms with Gasteiger partial charge in [0, 0.05) is 28.6 Å². The molecule has 0 spiro atoms. The molecule has 0 fully saturated rings. The molecular formula is Am2O3-6. The Labute approximate surface area is 45.7 Å². The third-order valence-corrected chi connectivity index (χ3v) is 0. The zero-order chi connectivity index (χ0) is 0. The van der Waals surface area contributed by atoms with Crippen molar-refractivity contribution >= 4 is 0 Å². The molecule has 0 saturated heterocycles. The second kappa shape index (κ2) is 144. The van der Waals surface area contributed by atoms with Crippen LogP contribution in [-0.2, 0) is 16.4 Å². The Morgan fingerprint density at radius 1 is 0.400 bits per heavy atom. The van der Waals surface area contributed by atoms with Crippen molar-refractivity contribution in [3.63, 3.8) is 0 Å². The second-order valence-electron chi connectivity index (χ2n) is 0. The van der Waals surface area contributed by atoms with Gasteiger partial charge in [-0.1, -0.05) is 0 Å². The molecule has 0 aliphatic heterocycles. The van der Waals surface area contributed by atoms with E-state index in [0.29, 0.717) is 0 Å². The first-order valence-electron chi connectivity index (χ1n) is 0. The monoisotopic (exact) mass is 530 g/mol. The molecule has 0 aliphatic rings. The fourth-order valence-electron chi connectivity index (χ4n) is 0. The van der Waals surface area contributed by atoms with Crippen molar-refractivity contribution in [2.45, 2.75) is 0 Å². The molecule has 0 aliphatic carbocycles. The van der Waals surface area contributed by atoms with Gasteiger partial charge >= 0.3 is 0 Å². The molecule has 0 saturated carbocycles. The summed E-state index contributed by atoms with van der Waals surface area (Å²) < 4.78 is 0. The average Bonchev–Trinajstić information content (AvgIpc) is 0. The molecule has 0 aromatic carbocycles. The van der Waals surface area contributed by atoms with Crippen molar-refractivity contribution in [1.29, 1.82) is 0 Å². The topological polar surface area (TPSA) is 85.5 Å². The Morgan fingerprint density at radius 2 is 0.400 bits per heavy atom. The minimum atomic E-state index is 0. The van der Waals surface area contributed by atoms with E-state index in [-0.39, 0.29) is 45.0 Å². The van der Waals surface area contributed by atoms with E-state index in [9.17, 15) is 0 Å². The molecule has 0 bridgehead atoms. The zero-order valence-electron chi connectivity index (χ0n) is 1.98. The molecule has 0 rings (SSSR count). The van der Waals surface area contributed by atoms with E-state index in [1.54, 1.807) is 0 Å². The average molecular weight is 534 g/mol. The van der Waals surface area contributed by atoms with Gasteiger partial charge in [0.1, 0.15) is 0 Å². The van der Waals surface area contributed by atoms with Gasteiger partial charge in [-0.15, -0.1) is 0 Å². The summed E-state index contributed by atoms with van der Waals surface area (Å²) in [6.45, 7) is 0. The second-order valence-corrected chi connectivity index (χ2v) is 0. The Kier molecular flexibility index (Phi) is 8120. The summed E-state index contributed by atoms with van der Waals surface area (Å²) in [4.78, 5) is 0. The SMILES string of the molecule is [Am].[Am].[O-2].[O-2].[O-2]. The molecule has 0 aromatic heterocycles. The van der Waals surface area contributed by atoms with Gasteiger partial charge in [-0.05, 0) is 0 Å². The normalized spacial score (nSPS) is 0. The maximum absolute atomic E-state index is 0. The van der Waals surface area contributed by atoms with Crippen LogP contribution >= 0.6 is 0 Å². The van der Waals surface area contributed by atoms with Crippen LogP contribution in [0.5, 0.6) is 0 Å². The van der Waals surface area contributed by atoms with Crippen molar-refractivity contribution in [3.8, 4) is 0 Å². The Bertz CT molecular complexity index is 4.85. The van der Waals surface area contributed by atoms with Crippen molar-refractivity contribution in [2.24, 2.45) is 0 Å². The van der Waals surface area contributed by atoms with E-state index in [1.807, 2.05) is 0 Å². The first-order chi connectivity index (χ1) is 0. The van der Waals surface area contributed by atoms with E-state index in [0.717, 1.165) is 0 Å². The van der Waals surface area contributed by atoms with E-state index < -0.39 is 0 Å². The predicted octanol–water partition coefficient (Wildman–Crippen LogP) is -0.356. The summed E-state index contributed by atoms with van der Waals surface area (Å²) >= 11 is 0. The predicted molar refractivity (Wildman–Crippen MR) is 2.06 cm³/mol. The molecule has 0 N–H and O–H groups in total. The first-order valence-corrected chi connectivity index (χ1v) is 0. The Morgan fingerprint density at radius 3 is 0.400 bits per heavy atom. The van der Waals surface area contributed by atoms with Gasteiger partial charge in [0.15, 0.2) is 0 Å². The van der Waals surface area contributed by atoms with Gasteiger partial charge in [-0.2, -0.15) is 0 Å². The minimum Gasteiger partial charge on any atom is -2.00 e. The van der Waals surface area contributed by atoms with Crippen LogP contribution in [0, 0.1) is 28.6 Å². The van der Waals surface area contributed by atoms with Crippen LogP contribution in [0.3, 0.4) is 0 Å². The van der Waals surface area contributed by atoms with Gasteiger partial charge in [0.2, 0.25) is 0 Å².